The molecule has 0 spiro atoms. The number of hydrogen-bond donors (Lipinski definition) is 1. The number of carbonyl (C=O) groups is 1. The van der Waals surface area contributed by atoms with E-state index >= 15 is 0 Å². The van der Waals surface area contributed by atoms with Gasteiger partial charge in [-0.1, -0.05) is 29.8 Å². The number of carbonyl (C=O) groups excluding carboxylic acids is 1. The first-order valence-electron chi connectivity index (χ1n) is 6.39. The second-order valence-corrected chi connectivity index (χ2v) is 5.77. The number of aryl methyl sites for hydroxylation is 1. The third kappa shape index (κ3) is 2.05. The van der Waals surface area contributed by atoms with E-state index in [0.29, 0.717) is 16.9 Å². The molecule has 1 aromatic carbocycles. The van der Waals surface area contributed by atoms with Gasteiger partial charge in [-0.05, 0) is 49.3 Å². The smallest absolute Gasteiger partial charge is 0.228 e. The summed E-state index contributed by atoms with van der Waals surface area (Å²) in [4.78, 5) is 12.3. The second kappa shape index (κ2) is 4.43. The maximum absolute atomic E-state index is 12.3. The molecule has 0 aliphatic heterocycles. The van der Waals surface area contributed by atoms with Crippen molar-refractivity contribution in [1.29, 1.82) is 0 Å². The van der Waals surface area contributed by atoms with Gasteiger partial charge in [0, 0.05) is 16.6 Å². The fourth-order valence-electron chi connectivity index (χ4n) is 3.04. The zero-order valence-corrected chi connectivity index (χ0v) is 11.1. The summed E-state index contributed by atoms with van der Waals surface area (Å²) in [7, 11) is 0. The summed E-state index contributed by atoms with van der Waals surface area (Å²) in [5, 5.41) is 3.68. The van der Waals surface area contributed by atoms with E-state index in [2.05, 4.69) is 17.5 Å². The summed E-state index contributed by atoms with van der Waals surface area (Å²) in [6.07, 6.45) is 6.58. The Morgan fingerprint density at radius 1 is 1.33 bits per heavy atom. The average Bonchev–Trinajstić information content (AvgIpc) is 2.96. The summed E-state index contributed by atoms with van der Waals surface area (Å²) in [5.41, 5.74) is 1.88. The van der Waals surface area contributed by atoms with Crippen LogP contribution in [-0.4, -0.2) is 5.91 Å². The highest BCUT2D eigenvalue weighted by Gasteiger charge is 2.39. The Balaban J connectivity index is 1.75. The van der Waals surface area contributed by atoms with E-state index in [1.165, 1.54) is 0 Å². The third-order valence-corrected chi connectivity index (χ3v) is 4.31. The monoisotopic (exact) mass is 261 g/mol. The predicted octanol–water partition coefficient (Wildman–Crippen LogP) is 3.80. The Hall–Kier alpha value is -1.28. The van der Waals surface area contributed by atoms with Crippen molar-refractivity contribution in [3.05, 3.63) is 40.9 Å². The normalized spacial score (nSPS) is 28.7. The van der Waals surface area contributed by atoms with Crippen LogP contribution < -0.4 is 5.32 Å². The van der Waals surface area contributed by atoms with E-state index in [1.54, 1.807) is 0 Å². The molecule has 1 amide bonds. The lowest BCUT2D eigenvalue weighted by Crippen LogP contribution is -2.26. The number of amides is 1. The standard InChI is InChI=1S/C15H16ClNO/c1-9-2-5-12(16)8-14(9)17-15(18)13-7-10-3-4-11(13)6-10/h2-5,8,10-11,13H,6-7H2,1H3,(H,17,18). The lowest BCUT2D eigenvalue weighted by molar-refractivity contribution is -0.120. The molecule has 2 bridgehead atoms. The molecule has 3 heteroatoms. The van der Waals surface area contributed by atoms with Gasteiger partial charge in [0.25, 0.3) is 0 Å². The van der Waals surface area contributed by atoms with Crippen LogP contribution in [0.25, 0.3) is 0 Å². The molecule has 3 unspecified atom stereocenters. The molecule has 1 aromatic rings. The molecular formula is C15H16ClNO. The molecule has 18 heavy (non-hydrogen) atoms. The Kier molecular flexibility index (Phi) is 2.90. The lowest BCUT2D eigenvalue weighted by Gasteiger charge is -2.18. The minimum absolute atomic E-state index is 0.136. The van der Waals surface area contributed by atoms with Crippen LogP contribution in [-0.2, 0) is 4.79 Å². The number of anilines is 1. The first-order valence-corrected chi connectivity index (χ1v) is 6.76. The quantitative estimate of drug-likeness (QED) is 0.806. The van der Waals surface area contributed by atoms with E-state index in [1.807, 2.05) is 25.1 Å². The van der Waals surface area contributed by atoms with Crippen molar-refractivity contribution >= 4 is 23.2 Å². The number of benzene rings is 1. The van der Waals surface area contributed by atoms with Crippen molar-refractivity contribution in [3.8, 4) is 0 Å². The number of fused-ring (bicyclic) bond motifs is 2. The van der Waals surface area contributed by atoms with Gasteiger partial charge >= 0.3 is 0 Å². The van der Waals surface area contributed by atoms with Crippen LogP contribution in [0, 0.1) is 24.7 Å². The largest absolute Gasteiger partial charge is 0.326 e. The van der Waals surface area contributed by atoms with E-state index in [0.717, 1.165) is 24.1 Å². The van der Waals surface area contributed by atoms with Gasteiger partial charge in [0.1, 0.15) is 0 Å². The van der Waals surface area contributed by atoms with E-state index in [4.69, 9.17) is 11.6 Å². The molecule has 1 N–H and O–H groups in total. The van der Waals surface area contributed by atoms with Crippen LogP contribution in [0.15, 0.2) is 30.4 Å². The third-order valence-electron chi connectivity index (χ3n) is 4.07. The van der Waals surface area contributed by atoms with E-state index < -0.39 is 0 Å². The number of nitrogens with one attached hydrogen (secondary N) is 1. The molecule has 2 nitrogen and oxygen atoms in total. The summed E-state index contributed by atoms with van der Waals surface area (Å²) >= 11 is 5.96. The summed E-state index contributed by atoms with van der Waals surface area (Å²) < 4.78 is 0. The molecule has 3 rings (SSSR count). The van der Waals surface area contributed by atoms with Crippen LogP contribution in [0.2, 0.25) is 5.02 Å². The van der Waals surface area contributed by atoms with Crippen molar-refractivity contribution in [3.63, 3.8) is 0 Å². The van der Waals surface area contributed by atoms with Crippen molar-refractivity contribution < 1.29 is 4.79 Å². The number of hydrogen-bond acceptors (Lipinski definition) is 1. The predicted molar refractivity (Wildman–Crippen MR) is 73.7 cm³/mol. The van der Waals surface area contributed by atoms with Crippen molar-refractivity contribution in [2.45, 2.75) is 19.8 Å². The SMILES string of the molecule is Cc1ccc(Cl)cc1NC(=O)C1CC2C=CC1C2. The van der Waals surface area contributed by atoms with Crippen LogP contribution in [0.1, 0.15) is 18.4 Å². The molecule has 94 valence electrons. The van der Waals surface area contributed by atoms with Gasteiger partial charge in [-0.15, -0.1) is 0 Å². The minimum Gasteiger partial charge on any atom is -0.326 e. The highest BCUT2D eigenvalue weighted by atomic mass is 35.5. The molecule has 0 saturated heterocycles. The first kappa shape index (κ1) is 11.8. The highest BCUT2D eigenvalue weighted by molar-refractivity contribution is 6.31. The van der Waals surface area contributed by atoms with Crippen LogP contribution in [0.5, 0.6) is 0 Å². The highest BCUT2D eigenvalue weighted by Crippen LogP contribution is 2.43. The fraction of sp³-hybridized carbons (Fsp3) is 0.400. The number of rotatable bonds is 2. The van der Waals surface area contributed by atoms with Crippen molar-refractivity contribution in [2.24, 2.45) is 17.8 Å². The Bertz CT molecular complexity index is 523. The molecule has 1 fully saturated rings. The summed E-state index contributed by atoms with van der Waals surface area (Å²) in [6, 6.07) is 5.59. The maximum atomic E-state index is 12.3. The van der Waals surface area contributed by atoms with Crippen molar-refractivity contribution in [2.75, 3.05) is 5.32 Å². The zero-order valence-electron chi connectivity index (χ0n) is 10.3. The Morgan fingerprint density at radius 2 is 2.17 bits per heavy atom. The number of allylic oxidation sites excluding steroid dienone is 2. The average molecular weight is 262 g/mol. The molecule has 2 aliphatic carbocycles. The van der Waals surface area contributed by atoms with Gasteiger partial charge in [-0.3, -0.25) is 4.79 Å². The van der Waals surface area contributed by atoms with Crippen LogP contribution >= 0.6 is 11.6 Å². The van der Waals surface area contributed by atoms with Crippen LogP contribution in [0.4, 0.5) is 5.69 Å². The molecule has 3 atom stereocenters. The van der Waals surface area contributed by atoms with Crippen LogP contribution in [0.3, 0.4) is 0 Å². The van der Waals surface area contributed by atoms with Gasteiger partial charge in [0.2, 0.25) is 5.91 Å². The summed E-state index contributed by atoms with van der Waals surface area (Å²) in [5.74, 6) is 1.33. The molecule has 2 aliphatic rings. The van der Waals surface area contributed by atoms with Gasteiger partial charge in [-0.2, -0.15) is 0 Å². The Morgan fingerprint density at radius 3 is 2.83 bits per heavy atom. The van der Waals surface area contributed by atoms with Gasteiger partial charge in [0.15, 0.2) is 0 Å². The molecule has 1 saturated carbocycles. The van der Waals surface area contributed by atoms with E-state index in [9.17, 15) is 4.79 Å². The fourth-order valence-corrected chi connectivity index (χ4v) is 3.21. The molecule has 0 heterocycles. The maximum Gasteiger partial charge on any atom is 0.228 e. The van der Waals surface area contributed by atoms with Gasteiger partial charge in [-0.25, -0.2) is 0 Å². The van der Waals surface area contributed by atoms with Crippen molar-refractivity contribution in [1.82, 2.24) is 0 Å². The number of halogens is 1. The lowest BCUT2D eigenvalue weighted by atomic mass is 9.92. The molecule has 0 radical (unpaired) electrons. The van der Waals surface area contributed by atoms with Gasteiger partial charge in [0.05, 0.1) is 0 Å². The minimum atomic E-state index is 0.136. The topological polar surface area (TPSA) is 29.1 Å². The van der Waals surface area contributed by atoms with E-state index in [-0.39, 0.29) is 11.8 Å². The van der Waals surface area contributed by atoms with Gasteiger partial charge < -0.3 is 5.32 Å². The summed E-state index contributed by atoms with van der Waals surface area (Å²) in [6.45, 7) is 1.98. The zero-order chi connectivity index (χ0) is 12.7. The molecule has 0 aromatic heterocycles. The second-order valence-electron chi connectivity index (χ2n) is 5.34. The molecular weight excluding hydrogens is 246 g/mol. The first-order chi connectivity index (χ1) is 8.63. The Labute approximate surface area is 112 Å².